The van der Waals surface area contributed by atoms with Crippen LogP contribution in [0, 0.1) is 20.8 Å². The number of anilines is 1. The molecule has 6 heteroatoms. The number of carbonyl (C=O) groups is 2. The number of aldehydes is 1. The van der Waals surface area contributed by atoms with Crippen LogP contribution >= 0.6 is 0 Å². The van der Waals surface area contributed by atoms with Crippen LogP contribution in [-0.4, -0.2) is 28.6 Å². The van der Waals surface area contributed by atoms with E-state index in [-0.39, 0.29) is 12.5 Å². The molecule has 0 aliphatic rings. The molecule has 1 heterocycles. The summed E-state index contributed by atoms with van der Waals surface area (Å²) in [5, 5.41) is 7.40. The minimum atomic E-state index is -0.274. The number of carbonyl (C=O) groups excluding carboxylic acids is 2. The van der Waals surface area contributed by atoms with E-state index >= 15 is 0 Å². The lowest BCUT2D eigenvalue weighted by Crippen LogP contribution is -2.21. The number of hydrogen-bond donors (Lipinski definition) is 1. The number of ether oxygens (including phenoxy) is 1. The fourth-order valence-electron chi connectivity index (χ4n) is 2.73. The lowest BCUT2D eigenvalue weighted by molar-refractivity contribution is -0.118. The molecule has 0 atom stereocenters. The standard InChI is InChI=1S/C21H21N3O3/c1-14-4-8-18(9-5-14)24-16(3)21(15(2)23-24)22-20(26)13-27-19-10-6-17(12-25)7-11-19/h4-12H,13H2,1-3H3,(H,22,26). The maximum atomic E-state index is 12.3. The Morgan fingerprint density at radius 2 is 1.74 bits per heavy atom. The molecule has 3 rings (SSSR count). The number of aryl methyl sites for hydroxylation is 2. The average molecular weight is 363 g/mol. The summed E-state index contributed by atoms with van der Waals surface area (Å²) < 4.78 is 7.28. The SMILES string of the molecule is Cc1ccc(-n2nc(C)c(NC(=O)COc3ccc(C=O)cc3)c2C)cc1. The minimum absolute atomic E-state index is 0.130. The van der Waals surface area contributed by atoms with Crippen molar-refractivity contribution in [3.05, 3.63) is 71.0 Å². The van der Waals surface area contributed by atoms with Gasteiger partial charge < -0.3 is 10.1 Å². The van der Waals surface area contributed by atoms with Gasteiger partial charge in [0.1, 0.15) is 12.0 Å². The molecule has 0 bridgehead atoms. The number of amides is 1. The van der Waals surface area contributed by atoms with Gasteiger partial charge in [-0.3, -0.25) is 9.59 Å². The minimum Gasteiger partial charge on any atom is -0.484 e. The molecule has 3 aromatic rings. The van der Waals surface area contributed by atoms with Crippen molar-refractivity contribution in [2.24, 2.45) is 0 Å². The molecule has 1 N–H and O–H groups in total. The van der Waals surface area contributed by atoms with E-state index < -0.39 is 0 Å². The Morgan fingerprint density at radius 3 is 2.37 bits per heavy atom. The van der Waals surface area contributed by atoms with Crippen LogP contribution in [0.2, 0.25) is 0 Å². The van der Waals surface area contributed by atoms with Gasteiger partial charge in [-0.05, 0) is 57.2 Å². The zero-order valence-corrected chi connectivity index (χ0v) is 15.5. The number of rotatable bonds is 6. The number of nitrogens with zero attached hydrogens (tertiary/aromatic N) is 2. The first-order valence-electron chi connectivity index (χ1n) is 8.59. The van der Waals surface area contributed by atoms with Gasteiger partial charge in [-0.25, -0.2) is 4.68 Å². The fraction of sp³-hybridized carbons (Fsp3) is 0.190. The van der Waals surface area contributed by atoms with Gasteiger partial charge in [0.15, 0.2) is 6.61 Å². The van der Waals surface area contributed by atoms with Gasteiger partial charge in [0, 0.05) is 5.56 Å². The van der Waals surface area contributed by atoms with Crippen LogP contribution in [0.15, 0.2) is 48.5 Å². The van der Waals surface area contributed by atoms with E-state index in [9.17, 15) is 9.59 Å². The van der Waals surface area contributed by atoms with Crippen molar-refractivity contribution in [3.63, 3.8) is 0 Å². The lowest BCUT2D eigenvalue weighted by Gasteiger charge is -2.09. The van der Waals surface area contributed by atoms with E-state index in [1.165, 1.54) is 5.56 Å². The van der Waals surface area contributed by atoms with Crippen molar-refractivity contribution >= 4 is 17.9 Å². The second kappa shape index (κ2) is 7.86. The van der Waals surface area contributed by atoms with Crippen molar-refractivity contribution in [2.75, 3.05) is 11.9 Å². The average Bonchev–Trinajstić information content (AvgIpc) is 2.95. The zero-order chi connectivity index (χ0) is 19.4. The Morgan fingerprint density at radius 1 is 1.07 bits per heavy atom. The number of hydrogen-bond acceptors (Lipinski definition) is 4. The number of aromatic nitrogens is 2. The molecule has 0 aliphatic carbocycles. The Bertz CT molecular complexity index is 958. The largest absolute Gasteiger partial charge is 0.484 e. The molecular formula is C21H21N3O3. The van der Waals surface area contributed by atoms with E-state index in [4.69, 9.17) is 4.74 Å². The molecule has 1 aromatic heterocycles. The molecule has 0 saturated heterocycles. The van der Waals surface area contributed by atoms with Crippen LogP contribution in [0.1, 0.15) is 27.3 Å². The van der Waals surface area contributed by atoms with Crippen molar-refractivity contribution < 1.29 is 14.3 Å². The van der Waals surface area contributed by atoms with Crippen LogP contribution in [-0.2, 0) is 4.79 Å². The van der Waals surface area contributed by atoms with Gasteiger partial charge >= 0.3 is 0 Å². The Kier molecular flexibility index (Phi) is 5.35. The molecule has 0 spiro atoms. The second-order valence-corrected chi connectivity index (χ2v) is 6.32. The molecule has 6 nitrogen and oxygen atoms in total. The topological polar surface area (TPSA) is 73.2 Å². The van der Waals surface area contributed by atoms with Crippen LogP contribution < -0.4 is 10.1 Å². The molecule has 0 fully saturated rings. The Hall–Kier alpha value is -3.41. The monoisotopic (exact) mass is 363 g/mol. The van der Waals surface area contributed by atoms with Crippen molar-refractivity contribution in [2.45, 2.75) is 20.8 Å². The highest BCUT2D eigenvalue weighted by Gasteiger charge is 2.15. The van der Waals surface area contributed by atoms with Crippen molar-refractivity contribution in [1.29, 1.82) is 0 Å². The summed E-state index contributed by atoms with van der Waals surface area (Å²) in [4.78, 5) is 22.9. The second-order valence-electron chi connectivity index (χ2n) is 6.32. The molecule has 0 aliphatic heterocycles. The number of benzene rings is 2. The quantitative estimate of drug-likeness (QED) is 0.679. The van der Waals surface area contributed by atoms with Gasteiger partial charge in [-0.1, -0.05) is 17.7 Å². The van der Waals surface area contributed by atoms with E-state index in [0.717, 1.165) is 23.4 Å². The first kappa shape index (κ1) is 18.4. The van der Waals surface area contributed by atoms with Crippen molar-refractivity contribution in [1.82, 2.24) is 9.78 Å². The van der Waals surface area contributed by atoms with Crippen LogP contribution in [0.4, 0.5) is 5.69 Å². The highest BCUT2D eigenvalue weighted by Crippen LogP contribution is 2.23. The van der Waals surface area contributed by atoms with Gasteiger partial charge in [0.2, 0.25) is 0 Å². The maximum absolute atomic E-state index is 12.3. The predicted molar refractivity (Wildman–Crippen MR) is 104 cm³/mol. The van der Waals surface area contributed by atoms with Gasteiger partial charge in [-0.15, -0.1) is 0 Å². The summed E-state index contributed by atoms with van der Waals surface area (Å²) in [5.74, 6) is 0.253. The third-order valence-electron chi connectivity index (χ3n) is 4.22. The lowest BCUT2D eigenvalue weighted by atomic mass is 10.2. The first-order chi connectivity index (χ1) is 13.0. The first-order valence-corrected chi connectivity index (χ1v) is 8.59. The summed E-state index contributed by atoms with van der Waals surface area (Å²) >= 11 is 0. The summed E-state index contributed by atoms with van der Waals surface area (Å²) in [6.45, 7) is 5.67. The van der Waals surface area contributed by atoms with Gasteiger partial charge in [-0.2, -0.15) is 5.10 Å². The molecule has 0 unspecified atom stereocenters. The molecular weight excluding hydrogens is 342 g/mol. The summed E-state index contributed by atoms with van der Waals surface area (Å²) in [6.07, 6.45) is 0.758. The van der Waals surface area contributed by atoms with E-state index in [1.807, 2.05) is 49.7 Å². The molecule has 138 valence electrons. The predicted octanol–water partition coefficient (Wildman–Crippen LogP) is 3.63. The molecule has 1 amide bonds. The summed E-state index contributed by atoms with van der Waals surface area (Å²) in [7, 11) is 0. The van der Waals surface area contributed by atoms with Crippen molar-refractivity contribution in [3.8, 4) is 11.4 Å². The van der Waals surface area contributed by atoms with Crippen LogP contribution in [0.25, 0.3) is 5.69 Å². The zero-order valence-electron chi connectivity index (χ0n) is 15.5. The third-order valence-corrected chi connectivity index (χ3v) is 4.22. The highest BCUT2D eigenvalue weighted by molar-refractivity contribution is 5.93. The number of nitrogens with one attached hydrogen (secondary N) is 1. The van der Waals surface area contributed by atoms with Gasteiger partial charge in [0.05, 0.1) is 22.8 Å². The summed E-state index contributed by atoms with van der Waals surface area (Å²) in [6, 6.07) is 14.6. The highest BCUT2D eigenvalue weighted by atomic mass is 16.5. The summed E-state index contributed by atoms with van der Waals surface area (Å²) in [5.41, 5.74) is 4.93. The van der Waals surface area contributed by atoms with Gasteiger partial charge in [0.25, 0.3) is 5.91 Å². The maximum Gasteiger partial charge on any atom is 0.262 e. The van der Waals surface area contributed by atoms with E-state index in [0.29, 0.717) is 17.0 Å². The normalized spacial score (nSPS) is 10.5. The van der Waals surface area contributed by atoms with E-state index in [1.54, 1.807) is 24.3 Å². The molecule has 0 saturated carbocycles. The third kappa shape index (κ3) is 4.23. The molecule has 2 aromatic carbocycles. The fourth-order valence-corrected chi connectivity index (χ4v) is 2.73. The Labute approximate surface area is 157 Å². The van der Waals surface area contributed by atoms with E-state index in [2.05, 4.69) is 10.4 Å². The molecule has 0 radical (unpaired) electrons. The molecule has 27 heavy (non-hydrogen) atoms. The Balaban J connectivity index is 1.68. The smallest absolute Gasteiger partial charge is 0.262 e. The van der Waals surface area contributed by atoms with Crippen LogP contribution in [0.5, 0.6) is 5.75 Å². The van der Waals surface area contributed by atoms with Crippen LogP contribution in [0.3, 0.4) is 0 Å².